The highest BCUT2D eigenvalue weighted by Gasteiger charge is 2.04. The Balaban J connectivity index is 2.48. The van der Waals surface area contributed by atoms with Crippen LogP contribution in [-0.4, -0.2) is 25.5 Å². The van der Waals surface area contributed by atoms with Crippen molar-refractivity contribution in [1.82, 2.24) is 25.5 Å². The topological polar surface area (TPSA) is 74.1 Å². The molecule has 0 radical (unpaired) electrons. The van der Waals surface area contributed by atoms with Crippen LogP contribution in [0.2, 0.25) is 0 Å². The van der Waals surface area contributed by atoms with Gasteiger partial charge in [0.2, 0.25) is 6.33 Å². The monoisotopic (exact) mass is 137 g/mol. The highest BCUT2D eigenvalue weighted by atomic mass is 15.5. The zero-order valence-electron chi connectivity index (χ0n) is 5.02. The Kier molecular flexibility index (Phi) is 0.970. The number of hydrogen-bond donors (Lipinski definition) is 2. The minimum Gasteiger partial charge on any atom is -0.172 e. The van der Waals surface area contributed by atoms with Crippen LogP contribution in [0.25, 0.3) is 5.95 Å². The average molecular weight is 137 g/mol. The van der Waals surface area contributed by atoms with Crippen LogP contribution in [-0.2, 0) is 0 Å². The second-order valence-corrected chi connectivity index (χ2v) is 1.71. The van der Waals surface area contributed by atoms with Gasteiger partial charge >= 0.3 is 5.95 Å². The van der Waals surface area contributed by atoms with Crippen molar-refractivity contribution < 1.29 is 4.68 Å². The van der Waals surface area contributed by atoms with E-state index in [0.29, 0.717) is 5.95 Å². The first-order chi connectivity index (χ1) is 4.97. The molecule has 0 aliphatic carbocycles. The summed E-state index contributed by atoms with van der Waals surface area (Å²) in [6.45, 7) is 0. The molecule has 2 heterocycles. The molecule has 0 fully saturated rings. The smallest absolute Gasteiger partial charge is 0.172 e. The second kappa shape index (κ2) is 1.90. The Bertz CT molecular complexity index is 249. The van der Waals surface area contributed by atoms with Gasteiger partial charge in [-0.25, -0.2) is 0 Å². The van der Waals surface area contributed by atoms with E-state index in [4.69, 9.17) is 0 Å². The zero-order valence-corrected chi connectivity index (χ0v) is 5.02. The summed E-state index contributed by atoms with van der Waals surface area (Å²) < 4.78 is 1.62. The summed E-state index contributed by atoms with van der Waals surface area (Å²) in [6.07, 6.45) is 4.80. The number of aromatic amines is 2. The lowest BCUT2D eigenvalue weighted by Crippen LogP contribution is -2.33. The molecule has 0 atom stereocenters. The number of nitrogens with one attached hydrogen (secondary N) is 2. The molecule has 2 aromatic heterocycles. The van der Waals surface area contributed by atoms with Crippen LogP contribution in [0.5, 0.6) is 0 Å². The van der Waals surface area contributed by atoms with E-state index in [1.807, 2.05) is 0 Å². The molecule has 0 aliphatic heterocycles. The first-order valence-electron chi connectivity index (χ1n) is 2.73. The minimum atomic E-state index is 0.623. The molecule has 0 bridgehead atoms. The van der Waals surface area contributed by atoms with E-state index >= 15 is 0 Å². The normalized spacial score (nSPS) is 10.0. The van der Waals surface area contributed by atoms with Crippen molar-refractivity contribution in [3.63, 3.8) is 0 Å². The van der Waals surface area contributed by atoms with Gasteiger partial charge in [0.15, 0.2) is 0 Å². The Labute approximate surface area is 55.9 Å². The number of H-pyrrole nitrogens is 2. The molecule has 0 aromatic carbocycles. The van der Waals surface area contributed by atoms with Crippen LogP contribution in [0.4, 0.5) is 0 Å². The fraction of sp³-hybridized carbons (Fsp3) is 0. The Morgan fingerprint density at radius 3 is 3.00 bits per heavy atom. The Hall–Kier alpha value is -1.72. The molecule has 0 saturated heterocycles. The lowest BCUT2D eigenvalue weighted by Gasteiger charge is -1.80. The first-order valence-corrected chi connectivity index (χ1v) is 2.73. The number of aromatic nitrogens is 6. The highest BCUT2D eigenvalue weighted by Crippen LogP contribution is 1.78. The van der Waals surface area contributed by atoms with Gasteiger partial charge in [0.05, 0.1) is 0 Å². The molecule has 10 heavy (non-hydrogen) atoms. The second-order valence-electron chi connectivity index (χ2n) is 1.71. The molecule has 0 amide bonds. The van der Waals surface area contributed by atoms with Gasteiger partial charge in [-0.15, -0.1) is 15.0 Å². The fourth-order valence-corrected chi connectivity index (χ4v) is 0.662. The molecule has 2 aromatic rings. The predicted molar refractivity (Wildman–Crippen MR) is 30.1 cm³/mol. The van der Waals surface area contributed by atoms with Crippen LogP contribution in [0.3, 0.4) is 0 Å². The van der Waals surface area contributed by atoms with Crippen molar-refractivity contribution in [2.75, 3.05) is 0 Å². The fourth-order valence-electron chi connectivity index (χ4n) is 0.662. The molecule has 6 heteroatoms. The van der Waals surface area contributed by atoms with Gasteiger partial charge in [0.1, 0.15) is 12.4 Å². The quantitative estimate of drug-likeness (QED) is 0.485. The summed E-state index contributed by atoms with van der Waals surface area (Å²) in [5, 5.41) is 12.7. The third kappa shape index (κ3) is 0.661. The minimum absolute atomic E-state index is 0.623. The zero-order chi connectivity index (χ0) is 6.81. The van der Waals surface area contributed by atoms with Crippen molar-refractivity contribution in [2.24, 2.45) is 0 Å². The van der Waals surface area contributed by atoms with Crippen LogP contribution in [0.1, 0.15) is 0 Å². The van der Waals surface area contributed by atoms with Gasteiger partial charge in [-0.05, 0) is 0 Å². The van der Waals surface area contributed by atoms with E-state index < -0.39 is 0 Å². The van der Waals surface area contributed by atoms with Gasteiger partial charge in [-0.3, -0.25) is 0 Å². The van der Waals surface area contributed by atoms with E-state index in [1.54, 1.807) is 17.1 Å². The average Bonchev–Trinajstić information content (AvgIpc) is 2.59. The van der Waals surface area contributed by atoms with E-state index in [-0.39, 0.29) is 0 Å². The van der Waals surface area contributed by atoms with Gasteiger partial charge in [-0.1, -0.05) is 10.1 Å². The van der Waals surface area contributed by atoms with Crippen LogP contribution >= 0.6 is 0 Å². The summed E-state index contributed by atoms with van der Waals surface area (Å²) in [7, 11) is 0. The highest BCUT2D eigenvalue weighted by molar-refractivity contribution is 4.83. The maximum Gasteiger partial charge on any atom is 0.393 e. The molecular formula is C4H5N6+. The summed E-state index contributed by atoms with van der Waals surface area (Å²) in [5.41, 5.74) is 0. The van der Waals surface area contributed by atoms with E-state index in [1.165, 1.54) is 6.33 Å². The van der Waals surface area contributed by atoms with E-state index in [2.05, 4.69) is 25.5 Å². The van der Waals surface area contributed by atoms with Crippen molar-refractivity contribution in [3.05, 3.63) is 18.7 Å². The van der Waals surface area contributed by atoms with Crippen molar-refractivity contribution in [3.8, 4) is 5.95 Å². The van der Waals surface area contributed by atoms with Crippen LogP contribution in [0.15, 0.2) is 18.7 Å². The molecule has 6 nitrogen and oxygen atoms in total. The van der Waals surface area contributed by atoms with Crippen molar-refractivity contribution in [1.29, 1.82) is 0 Å². The molecule has 2 rings (SSSR count). The van der Waals surface area contributed by atoms with E-state index in [9.17, 15) is 0 Å². The molecule has 0 aliphatic rings. The molecule has 0 unspecified atom stereocenters. The molecule has 0 saturated carbocycles. The lowest BCUT2D eigenvalue weighted by molar-refractivity contribution is -0.666. The van der Waals surface area contributed by atoms with Crippen LogP contribution in [0, 0.1) is 0 Å². The Morgan fingerprint density at radius 2 is 2.40 bits per heavy atom. The first kappa shape index (κ1) is 5.10. The number of rotatable bonds is 1. The molecule has 2 N–H and O–H groups in total. The SMILES string of the molecule is c1c[n+](-c2ncn[nH]2)[nH]n1. The third-order valence-corrected chi connectivity index (χ3v) is 1.09. The molecule has 0 spiro atoms. The third-order valence-electron chi connectivity index (χ3n) is 1.09. The summed E-state index contributed by atoms with van der Waals surface area (Å²) in [5.74, 6) is 0.623. The van der Waals surface area contributed by atoms with Crippen LogP contribution < -0.4 is 4.68 Å². The summed E-state index contributed by atoms with van der Waals surface area (Å²) in [6, 6.07) is 0. The van der Waals surface area contributed by atoms with Gasteiger partial charge in [-0.2, -0.15) is 5.10 Å². The van der Waals surface area contributed by atoms with Gasteiger partial charge < -0.3 is 0 Å². The maximum atomic E-state index is 3.88. The standard InChI is InChI=1S/C4H4N6/c1-2-10(9-6-1)4-5-3-7-8-4/h1-3H,(H,5,7,8)/p+1. The number of hydrogen-bond acceptors (Lipinski definition) is 3. The number of nitrogens with zero attached hydrogens (tertiary/aromatic N) is 4. The maximum absolute atomic E-state index is 3.88. The van der Waals surface area contributed by atoms with Crippen molar-refractivity contribution >= 4 is 0 Å². The summed E-state index contributed by atoms with van der Waals surface area (Å²) in [4.78, 5) is 3.88. The predicted octanol–water partition coefficient (Wildman–Crippen LogP) is -1.20. The van der Waals surface area contributed by atoms with E-state index in [0.717, 1.165) is 0 Å². The van der Waals surface area contributed by atoms with Gasteiger partial charge in [0.25, 0.3) is 0 Å². The Morgan fingerprint density at radius 1 is 1.40 bits per heavy atom. The largest absolute Gasteiger partial charge is 0.393 e. The van der Waals surface area contributed by atoms with Crippen molar-refractivity contribution in [2.45, 2.75) is 0 Å². The molecular weight excluding hydrogens is 132 g/mol. The molecule has 50 valence electrons. The lowest BCUT2D eigenvalue weighted by atomic mass is 10.9. The van der Waals surface area contributed by atoms with Gasteiger partial charge in [0, 0.05) is 0 Å². The summed E-state index contributed by atoms with van der Waals surface area (Å²) >= 11 is 0.